The van der Waals surface area contributed by atoms with Crippen LogP contribution in [0.1, 0.15) is 23.2 Å². The molecule has 2 aromatic heterocycles. The molecule has 6 heteroatoms. The molecule has 0 bridgehead atoms. The average Bonchev–Trinajstić information content (AvgIpc) is 3.36. The summed E-state index contributed by atoms with van der Waals surface area (Å²) in [4.78, 5) is 31.9. The number of imidazole rings is 1. The van der Waals surface area contributed by atoms with Crippen LogP contribution in [0.5, 0.6) is 0 Å². The number of H-pyrrole nitrogens is 1. The third-order valence-corrected chi connectivity index (χ3v) is 4.20. The SMILES string of the molecule is O=C(CCC(=O)c1ccccc1)Nc1ccc2nc(-c3ccco3)[nH]c2c1. The molecule has 0 aliphatic carbocycles. The molecular formula is C21H17N3O3. The highest BCUT2D eigenvalue weighted by atomic mass is 16.3. The van der Waals surface area contributed by atoms with Crippen molar-refractivity contribution in [3.63, 3.8) is 0 Å². The van der Waals surface area contributed by atoms with E-state index >= 15 is 0 Å². The van der Waals surface area contributed by atoms with Crippen molar-refractivity contribution in [3.8, 4) is 11.6 Å². The van der Waals surface area contributed by atoms with Gasteiger partial charge in [-0.3, -0.25) is 9.59 Å². The number of carbonyl (C=O) groups is 2. The number of aromatic nitrogens is 2. The first kappa shape index (κ1) is 16.8. The highest BCUT2D eigenvalue weighted by molar-refractivity contribution is 6.00. The van der Waals surface area contributed by atoms with Gasteiger partial charge in [-0.25, -0.2) is 4.98 Å². The van der Waals surface area contributed by atoms with E-state index in [1.54, 1.807) is 30.5 Å². The molecule has 4 rings (SSSR count). The summed E-state index contributed by atoms with van der Waals surface area (Å²) in [6, 6.07) is 18.0. The van der Waals surface area contributed by atoms with Crippen LogP contribution in [0.25, 0.3) is 22.6 Å². The second kappa shape index (κ2) is 7.29. The van der Waals surface area contributed by atoms with E-state index < -0.39 is 0 Å². The van der Waals surface area contributed by atoms with Crippen molar-refractivity contribution in [2.45, 2.75) is 12.8 Å². The van der Waals surface area contributed by atoms with Gasteiger partial charge in [0.2, 0.25) is 5.91 Å². The topological polar surface area (TPSA) is 88.0 Å². The number of amides is 1. The van der Waals surface area contributed by atoms with Crippen molar-refractivity contribution in [2.75, 3.05) is 5.32 Å². The molecule has 0 fully saturated rings. The molecule has 134 valence electrons. The molecule has 1 amide bonds. The second-order valence-electron chi connectivity index (χ2n) is 6.13. The Bertz CT molecular complexity index is 1080. The minimum absolute atomic E-state index is 0.0436. The first-order chi connectivity index (χ1) is 13.2. The normalized spacial score (nSPS) is 10.8. The van der Waals surface area contributed by atoms with Crippen molar-refractivity contribution < 1.29 is 14.0 Å². The van der Waals surface area contributed by atoms with Gasteiger partial charge in [-0.05, 0) is 30.3 Å². The van der Waals surface area contributed by atoms with Gasteiger partial charge in [0.25, 0.3) is 0 Å². The zero-order valence-corrected chi connectivity index (χ0v) is 14.4. The fourth-order valence-electron chi connectivity index (χ4n) is 2.84. The molecule has 0 saturated carbocycles. The second-order valence-corrected chi connectivity index (χ2v) is 6.13. The standard InChI is InChI=1S/C21H17N3O3/c25-18(14-5-2-1-3-6-14)10-11-20(26)22-15-8-9-16-17(13-15)24-21(23-16)19-7-4-12-27-19/h1-9,12-13H,10-11H2,(H,22,26)(H,23,24). The highest BCUT2D eigenvalue weighted by Crippen LogP contribution is 2.23. The predicted octanol–water partition coefficient (Wildman–Crippen LogP) is 4.42. The number of hydrogen-bond donors (Lipinski definition) is 2. The maximum absolute atomic E-state index is 12.2. The Morgan fingerprint density at radius 1 is 1.00 bits per heavy atom. The van der Waals surface area contributed by atoms with Gasteiger partial charge < -0.3 is 14.7 Å². The zero-order valence-electron chi connectivity index (χ0n) is 14.4. The van der Waals surface area contributed by atoms with E-state index in [4.69, 9.17) is 4.42 Å². The number of anilines is 1. The van der Waals surface area contributed by atoms with Crippen LogP contribution < -0.4 is 5.32 Å². The summed E-state index contributed by atoms with van der Waals surface area (Å²) in [5.41, 5.74) is 2.84. The van der Waals surface area contributed by atoms with Gasteiger partial charge in [-0.1, -0.05) is 30.3 Å². The maximum Gasteiger partial charge on any atom is 0.224 e. The monoisotopic (exact) mass is 359 g/mol. The molecule has 0 atom stereocenters. The lowest BCUT2D eigenvalue weighted by Gasteiger charge is -2.05. The van der Waals surface area contributed by atoms with Crippen molar-refractivity contribution in [1.82, 2.24) is 9.97 Å². The third-order valence-electron chi connectivity index (χ3n) is 4.20. The van der Waals surface area contributed by atoms with Gasteiger partial charge >= 0.3 is 0 Å². The van der Waals surface area contributed by atoms with E-state index in [1.807, 2.05) is 36.4 Å². The Hall–Kier alpha value is -3.67. The minimum Gasteiger partial charge on any atom is -0.461 e. The smallest absolute Gasteiger partial charge is 0.224 e. The molecular weight excluding hydrogens is 342 g/mol. The van der Waals surface area contributed by atoms with Gasteiger partial charge in [0.15, 0.2) is 17.4 Å². The fraction of sp³-hybridized carbons (Fsp3) is 0.0952. The lowest BCUT2D eigenvalue weighted by molar-refractivity contribution is -0.116. The molecule has 0 spiro atoms. The molecule has 4 aromatic rings. The molecule has 0 unspecified atom stereocenters. The number of Topliss-reactive ketones (excluding diaryl/α,β-unsaturated/α-hetero) is 1. The van der Waals surface area contributed by atoms with E-state index in [-0.39, 0.29) is 24.5 Å². The zero-order chi connectivity index (χ0) is 18.6. The van der Waals surface area contributed by atoms with Crippen molar-refractivity contribution >= 4 is 28.4 Å². The van der Waals surface area contributed by atoms with Crippen LogP contribution in [0.2, 0.25) is 0 Å². The number of fused-ring (bicyclic) bond motifs is 1. The Labute approximate surface area is 155 Å². The van der Waals surface area contributed by atoms with E-state index in [9.17, 15) is 9.59 Å². The molecule has 0 radical (unpaired) electrons. The third kappa shape index (κ3) is 3.79. The van der Waals surface area contributed by atoms with Gasteiger partial charge in [0, 0.05) is 24.1 Å². The van der Waals surface area contributed by atoms with Crippen molar-refractivity contribution in [1.29, 1.82) is 0 Å². The number of nitrogens with one attached hydrogen (secondary N) is 2. The minimum atomic E-state index is -0.204. The van der Waals surface area contributed by atoms with E-state index in [0.717, 1.165) is 11.0 Å². The summed E-state index contributed by atoms with van der Waals surface area (Å²) in [6.07, 6.45) is 1.89. The number of rotatable bonds is 6. The van der Waals surface area contributed by atoms with Crippen LogP contribution in [-0.4, -0.2) is 21.7 Å². The Morgan fingerprint density at radius 2 is 1.85 bits per heavy atom. The summed E-state index contributed by atoms with van der Waals surface area (Å²) in [5.74, 6) is 1.03. The fourth-order valence-corrected chi connectivity index (χ4v) is 2.84. The van der Waals surface area contributed by atoms with Crippen LogP contribution in [0.15, 0.2) is 71.3 Å². The molecule has 2 aromatic carbocycles. The summed E-state index contributed by atoms with van der Waals surface area (Å²) < 4.78 is 5.34. The van der Waals surface area contributed by atoms with Gasteiger partial charge in [-0.2, -0.15) is 0 Å². The summed E-state index contributed by atoms with van der Waals surface area (Å²) in [7, 11) is 0. The molecule has 2 N–H and O–H groups in total. The number of nitrogens with zero attached hydrogens (tertiary/aromatic N) is 1. The first-order valence-electron chi connectivity index (χ1n) is 8.61. The number of hydrogen-bond acceptors (Lipinski definition) is 4. The van der Waals surface area contributed by atoms with Crippen molar-refractivity contribution in [2.24, 2.45) is 0 Å². The molecule has 27 heavy (non-hydrogen) atoms. The number of benzene rings is 2. The van der Waals surface area contributed by atoms with E-state index in [2.05, 4.69) is 15.3 Å². The predicted molar refractivity (Wildman–Crippen MR) is 102 cm³/mol. The van der Waals surface area contributed by atoms with Crippen LogP contribution in [-0.2, 0) is 4.79 Å². The Balaban J connectivity index is 1.40. The molecule has 6 nitrogen and oxygen atoms in total. The average molecular weight is 359 g/mol. The summed E-state index contributed by atoms with van der Waals surface area (Å²) in [6.45, 7) is 0. The number of ketones is 1. The van der Waals surface area contributed by atoms with E-state index in [1.165, 1.54) is 0 Å². The summed E-state index contributed by atoms with van der Waals surface area (Å²) >= 11 is 0. The number of furan rings is 1. The number of aromatic amines is 1. The Kier molecular flexibility index (Phi) is 4.53. The molecule has 0 aliphatic heterocycles. The quantitative estimate of drug-likeness (QED) is 0.499. The lowest BCUT2D eigenvalue weighted by atomic mass is 10.1. The van der Waals surface area contributed by atoms with Crippen LogP contribution in [0.3, 0.4) is 0 Å². The van der Waals surface area contributed by atoms with Crippen LogP contribution >= 0.6 is 0 Å². The molecule has 0 aliphatic rings. The Morgan fingerprint density at radius 3 is 2.63 bits per heavy atom. The molecule has 0 saturated heterocycles. The van der Waals surface area contributed by atoms with Crippen molar-refractivity contribution in [3.05, 3.63) is 72.5 Å². The lowest BCUT2D eigenvalue weighted by Crippen LogP contribution is -2.13. The number of carbonyl (C=O) groups excluding carboxylic acids is 2. The highest BCUT2D eigenvalue weighted by Gasteiger charge is 2.11. The van der Waals surface area contributed by atoms with Gasteiger partial charge in [0.1, 0.15) is 0 Å². The van der Waals surface area contributed by atoms with Gasteiger partial charge in [-0.15, -0.1) is 0 Å². The summed E-state index contributed by atoms with van der Waals surface area (Å²) in [5, 5.41) is 2.82. The van der Waals surface area contributed by atoms with E-state index in [0.29, 0.717) is 22.8 Å². The van der Waals surface area contributed by atoms with Gasteiger partial charge in [0.05, 0.1) is 17.3 Å². The van der Waals surface area contributed by atoms with Crippen LogP contribution in [0.4, 0.5) is 5.69 Å². The first-order valence-corrected chi connectivity index (χ1v) is 8.61. The maximum atomic E-state index is 12.2. The van der Waals surface area contributed by atoms with Crippen LogP contribution in [0, 0.1) is 0 Å². The largest absolute Gasteiger partial charge is 0.461 e. The molecule has 2 heterocycles.